The maximum atomic E-state index is 11.7. The monoisotopic (exact) mass is 249 g/mol. The number of aromatic nitrogens is 2. The summed E-state index contributed by atoms with van der Waals surface area (Å²) < 4.78 is 0. The Kier molecular flexibility index (Phi) is 3.24. The predicted molar refractivity (Wildman–Crippen MR) is 62.1 cm³/mol. The summed E-state index contributed by atoms with van der Waals surface area (Å²) in [5, 5.41) is 27.2. The molecule has 0 saturated heterocycles. The molecule has 18 heavy (non-hydrogen) atoms. The predicted octanol–water partition coefficient (Wildman–Crippen LogP) is -0.262. The van der Waals surface area contributed by atoms with Crippen molar-refractivity contribution in [1.29, 1.82) is 0 Å². The van der Waals surface area contributed by atoms with Crippen molar-refractivity contribution >= 4 is 22.8 Å². The van der Waals surface area contributed by atoms with E-state index in [0.29, 0.717) is 11.1 Å². The fourth-order valence-electron chi connectivity index (χ4n) is 1.46. The lowest BCUT2D eigenvalue weighted by atomic mass is 10.1. The maximum Gasteiger partial charge on any atom is 0.334 e. The number of fused-ring (bicyclic) bond motifs is 1. The molecule has 0 aliphatic carbocycles. The van der Waals surface area contributed by atoms with Crippen LogP contribution in [0.25, 0.3) is 10.9 Å². The molecule has 2 aromatic rings. The maximum absolute atomic E-state index is 11.7. The third-order valence-electron chi connectivity index (χ3n) is 2.45. The summed E-state index contributed by atoms with van der Waals surface area (Å²) >= 11 is 0. The van der Waals surface area contributed by atoms with Gasteiger partial charge < -0.3 is 15.5 Å². The SMILES string of the molecule is O=C(NC[C@H](O)C(=O)O)c1ccc2cn[nH]c2c1. The number of hydrogen-bond acceptors (Lipinski definition) is 4. The Morgan fingerprint density at radius 2 is 2.22 bits per heavy atom. The number of carbonyl (C=O) groups excluding carboxylic acids is 1. The van der Waals surface area contributed by atoms with Crippen molar-refractivity contribution in [2.24, 2.45) is 0 Å². The molecule has 4 N–H and O–H groups in total. The molecule has 2 rings (SSSR count). The van der Waals surface area contributed by atoms with Crippen molar-refractivity contribution in [3.8, 4) is 0 Å². The highest BCUT2D eigenvalue weighted by molar-refractivity contribution is 5.97. The first-order chi connectivity index (χ1) is 8.58. The second-order valence-corrected chi connectivity index (χ2v) is 3.74. The molecule has 1 atom stereocenters. The molecule has 7 heteroatoms. The van der Waals surface area contributed by atoms with Gasteiger partial charge in [0.2, 0.25) is 0 Å². The zero-order valence-corrected chi connectivity index (χ0v) is 9.25. The smallest absolute Gasteiger partial charge is 0.334 e. The van der Waals surface area contributed by atoms with Crippen LogP contribution in [-0.4, -0.2) is 44.9 Å². The number of benzene rings is 1. The molecule has 0 unspecified atom stereocenters. The molecule has 0 radical (unpaired) electrons. The molecule has 1 heterocycles. The van der Waals surface area contributed by atoms with Gasteiger partial charge in [0, 0.05) is 10.9 Å². The summed E-state index contributed by atoms with van der Waals surface area (Å²) in [5.74, 6) is -1.83. The molecule has 0 bridgehead atoms. The number of hydrogen-bond donors (Lipinski definition) is 4. The van der Waals surface area contributed by atoms with E-state index in [-0.39, 0.29) is 6.54 Å². The van der Waals surface area contributed by atoms with Crippen LogP contribution in [-0.2, 0) is 4.79 Å². The third kappa shape index (κ3) is 2.46. The summed E-state index contributed by atoms with van der Waals surface area (Å²) in [6, 6.07) is 4.92. The Morgan fingerprint density at radius 3 is 2.94 bits per heavy atom. The van der Waals surface area contributed by atoms with E-state index >= 15 is 0 Å². The second kappa shape index (κ2) is 4.84. The van der Waals surface area contributed by atoms with Gasteiger partial charge in [0.05, 0.1) is 18.3 Å². The van der Waals surface area contributed by atoms with E-state index < -0.39 is 18.0 Å². The molecule has 7 nitrogen and oxygen atoms in total. The van der Waals surface area contributed by atoms with Gasteiger partial charge in [0.25, 0.3) is 5.91 Å². The third-order valence-corrected chi connectivity index (χ3v) is 2.45. The minimum absolute atomic E-state index is 0.338. The standard InChI is InChI=1S/C11H11N3O4/c15-9(11(17)18)5-12-10(16)6-1-2-7-4-13-14-8(7)3-6/h1-4,9,15H,5H2,(H,12,16)(H,13,14)(H,17,18)/t9-/m0/s1. The highest BCUT2D eigenvalue weighted by atomic mass is 16.4. The van der Waals surface area contributed by atoms with E-state index in [1.54, 1.807) is 24.4 Å². The van der Waals surface area contributed by atoms with Gasteiger partial charge in [-0.15, -0.1) is 0 Å². The van der Waals surface area contributed by atoms with Crippen molar-refractivity contribution in [3.05, 3.63) is 30.0 Å². The summed E-state index contributed by atoms with van der Waals surface area (Å²) in [6.45, 7) is -0.338. The van der Waals surface area contributed by atoms with Crippen molar-refractivity contribution in [2.75, 3.05) is 6.54 Å². The first-order valence-corrected chi connectivity index (χ1v) is 5.20. The average Bonchev–Trinajstić information content (AvgIpc) is 2.82. The van der Waals surface area contributed by atoms with Gasteiger partial charge >= 0.3 is 5.97 Å². The number of rotatable bonds is 4. The van der Waals surface area contributed by atoms with Crippen molar-refractivity contribution in [2.45, 2.75) is 6.10 Å². The molecule has 0 fully saturated rings. The number of aliphatic hydroxyl groups is 1. The van der Waals surface area contributed by atoms with Crippen LogP contribution in [0.3, 0.4) is 0 Å². The first kappa shape index (κ1) is 12.1. The Balaban J connectivity index is 2.06. The van der Waals surface area contributed by atoms with Gasteiger partial charge in [-0.1, -0.05) is 6.07 Å². The number of amides is 1. The van der Waals surface area contributed by atoms with Gasteiger partial charge in [-0.2, -0.15) is 5.10 Å². The van der Waals surface area contributed by atoms with Gasteiger partial charge in [-0.05, 0) is 12.1 Å². The fourth-order valence-corrected chi connectivity index (χ4v) is 1.46. The quantitative estimate of drug-likeness (QED) is 0.595. The van der Waals surface area contributed by atoms with Crippen LogP contribution in [0.4, 0.5) is 0 Å². The number of carbonyl (C=O) groups is 2. The van der Waals surface area contributed by atoms with Crippen LogP contribution < -0.4 is 5.32 Å². The Morgan fingerprint density at radius 1 is 1.44 bits per heavy atom. The fraction of sp³-hybridized carbons (Fsp3) is 0.182. The lowest BCUT2D eigenvalue weighted by Gasteiger charge is -2.07. The highest BCUT2D eigenvalue weighted by Crippen LogP contribution is 2.12. The number of carboxylic acid groups (broad SMARTS) is 1. The van der Waals surface area contributed by atoms with Gasteiger partial charge in [0.1, 0.15) is 0 Å². The topological polar surface area (TPSA) is 115 Å². The van der Waals surface area contributed by atoms with Crippen molar-refractivity contribution in [3.63, 3.8) is 0 Å². The first-order valence-electron chi connectivity index (χ1n) is 5.20. The summed E-state index contributed by atoms with van der Waals surface area (Å²) in [4.78, 5) is 22.1. The van der Waals surface area contributed by atoms with E-state index in [1.807, 2.05) is 0 Å². The lowest BCUT2D eigenvalue weighted by molar-refractivity contribution is -0.146. The van der Waals surface area contributed by atoms with E-state index in [0.717, 1.165) is 5.39 Å². The zero-order valence-electron chi connectivity index (χ0n) is 9.25. The van der Waals surface area contributed by atoms with Crippen LogP contribution in [0.5, 0.6) is 0 Å². The van der Waals surface area contributed by atoms with Crippen molar-refractivity contribution < 1.29 is 19.8 Å². The number of aromatic amines is 1. The molecule has 0 saturated carbocycles. The number of H-pyrrole nitrogens is 1. The number of aliphatic hydroxyl groups excluding tert-OH is 1. The average molecular weight is 249 g/mol. The molecule has 0 aliphatic heterocycles. The lowest BCUT2D eigenvalue weighted by Crippen LogP contribution is -2.36. The minimum Gasteiger partial charge on any atom is -0.479 e. The second-order valence-electron chi connectivity index (χ2n) is 3.74. The van der Waals surface area contributed by atoms with Crippen LogP contribution in [0.2, 0.25) is 0 Å². The Bertz CT molecular complexity index is 593. The molecular formula is C11H11N3O4. The van der Waals surface area contributed by atoms with Crippen LogP contribution >= 0.6 is 0 Å². The van der Waals surface area contributed by atoms with Crippen LogP contribution in [0.15, 0.2) is 24.4 Å². The molecule has 1 amide bonds. The molecule has 0 spiro atoms. The Hall–Kier alpha value is -2.41. The molecule has 1 aromatic carbocycles. The summed E-state index contributed by atoms with van der Waals surface area (Å²) in [5.41, 5.74) is 1.07. The van der Waals surface area contributed by atoms with Gasteiger partial charge in [0.15, 0.2) is 6.10 Å². The van der Waals surface area contributed by atoms with E-state index in [9.17, 15) is 9.59 Å². The van der Waals surface area contributed by atoms with Crippen molar-refractivity contribution in [1.82, 2.24) is 15.5 Å². The van der Waals surface area contributed by atoms with E-state index in [4.69, 9.17) is 10.2 Å². The number of carboxylic acids is 1. The molecular weight excluding hydrogens is 238 g/mol. The minimum atomic E-state index is -1.61. The molecule has 1 aromatic heterocycles. The zero-order chi connectivity index (χ0) is 13.1. The van der Waals surface area contributed by atoms with Crippen LogP contribution in [0, 0.1) is 0 Å². The number of aliphatic carboxylic acids is 1. The highest BCUT2D eigenvalue weighted by Gasteiger charge is 2.15. The van der Waals surface area contributed by atoms with Gasteiger partial charge in [-0.3, -0.25) is 9.89 Å². The Labute approximate surface area is 101 Å². The van der Waals surface area contributed by atoms with Crippen LogP contribution in [0.1, 0.15) is 10.4 Å². The largest absolute Gasteiger partial charge is 0.479 e. The normalized spacial score (nSPS) is 12.3. The number of nitrogens with one attached hydrogen (secondary N) is 2. The summed E-state index contributed by atoms with van der Waals surface area (Å²) in [6.07, 6.45) is 0.0235. The molecule has 0 aliphatic rings. The number of nitrogens with zero attached hydrogens (tertiary/aromatic N) is 1. The molecule has 94 valence electrons. The van der Waals surface area contributed by atoms with E-state index in [1.165, 1.54) is 0 Å². The van der Waals surface area contributed by atoms with Gasteiger partial charge in [-0.25, -0.2) is 4.79 Å². The summed E-state index contributed by atoms with van der Waals surface area (Å²) in [7, 11) is 0. The van der Waals surface area contributed by atoms with E-state index in [2.05, 4.69) is 15.5 Å².